The molecule has 1 unspecified atom stereocenters. The number of nitrogens with one attached hydrogen (secondary N) is 2. The SMILES string of the molecule is CN=C(NCc1cn2cc(Br)ccc2n1)NC1CCN(c2ccc(C)cc2)C1.I. The normalized spacial score (nSPS) is 16.7. The van der Waals surface area contributed by atoms with Crippen LogP contribution in [0.15, 0.2) is 58.3 Å². The van der Waals surface area contributed by atoms with Crippen molar-refractivity contribution in [2.45, 2.75) is 25.9 Å². The number of pyridine rings is 1. The van der Waals surface area contributed by atoms with E-state index in [0.29, 0.717) is 12.6 Å². The highest BCUT2D eigenvalue weighted by Gasteiger charge is 2.23. The molecule has 0 amide bonds. The van der Waals surface area contributed by atoms with Crippen LogP contribution in [-0.2, 0) is 6.54 Å². The lowest BCUT2D eigenvalue weighted by atomic mass is 10.2. The molecule has 3 heterocycles. The van der Waals surface area contributed by atoms with Gasteiger partial charge in [-0.3, -0.25) is 4.99 Å². The average Bonchev–Trinajstić information content (AvgIpc) is 3.32. The molecule has 2 N–H and O–H groups in total. The number of aromatic nitrogens is 2. The molecule has 1 saturated heterocycles. The highest BCUT2D eigenvalue weighted by molar-refractivity contribution is 14.0. The molecule has 0 spiro atoms. The number of halogens is 2. The van der Waals surface area contributed by atoms with E-state index in [1.165, 1.54) is 11.3 Å². The van der Waals surface area contributed by atoms with Crippen LogP contribution in [0.25, 0.3) is 5.65 Å². The minimum Gasteiger partial charge on any atom is -0.369 e. The van der Waals surface area contributed by atoms with Crippen LogP contribution in [0.1, 0.15) is 17.7 Å². The number of benzene rings is 1. The minimum absolute atomic E-state index is 0. The van der Waals surface area contributed by atoms with Crippen LogP contribution < -0.4 is 15.5 Å². The second kappa shape index (κ2) is 9.80. The van der Waals surface area contributed by atoms with Crippen LogP contribution >= 0.6 is 39.9 Å². The molecule has 1 aliphatic heterocycles. The summed E-state index contributed by atoms with van der Waals surface area (Å²) >= 11 is 3.49. The van der Waals surface area contributed by atoms with Gasteiger partial charge in [-0.05, 0) is 53.5 Å². The van der Waals surface area contributed by atoms with Crippen LogP contribution in [0.2, 0.25) is 0 Å². The molecule has 1 fully saturated rings. The Kier molecular flexibility index (Phi) is 7.39. The van der Waals surface area contributed by atoms with Crippen molar-refractivity contribution < 1.29 is 0 Å². The largest absolute Gasteiger partial charge is 0.369 e. The number of hydrogen-bond donors (Lipinski definition) is 2. The Hall–Kier alpha value is -1.81. The second-order valence-corrected chi connectivity index (χ2v) is 8.10. The number of nitrogens with zero attached hydrogens (tertiary/aromatic N) is 4. The Balaban J connectivity index is 0.00000240. The Morgan fingerprint density at radius 2 is 2.00 bits per heavy atom. The fourth-order valence-electron chi connectivity index (χ4n) is 3.53. The third-order valence-corrected chi connectivity index (χ3v) is 5.52. The van der Waals surface area contributed by atoms with Gasteiger partial charge in [-0.2, -0.15) is 0 Å². The van der Waals surface area contributed by atoms with E-state index in [9.17, 15) is 0 Å². The summed E-state index contributed by atoms with van der Waals surface area (Å²) in [5.41, 5.74) is 4.50. The zero-order valence-electron chi connectivity index (χ0n) is 16.6. The van der Waals surface area contributed by atoms with Crippen molar-refractivity contribution in [2.75, 3.05) is 25.0 Å². The molecule has 1 aromatic carbocycles. The summed E-state index contributed by atoms with van der Waals surface area (Å²) in [5, 5.41) is 6.93. The minimum atomic E-state index is 0. The lowest BCUT2D eigenvalue weighted by molar-refractivity contribution is 0.647. The molecule has 29 heavy (non-hydrogen) atoms. The van der Waals surface area contributed by atoms with Gasteiger partial charge >= 0.3 is 0 Å². The van der Waals surface area contributed by atoms with Crippen molar-refractivity contribution in [1.29, 1.82) is 0 Å². The van der Waals surface area contributed by atoms with Crippen LogP contribution in [0.5, 0.6) is 0 Å². The predicted octanol–water partition coefficient (Wildman–Crippen LogP) is 3.97. The van der Waals surface area contributed by atoms with E-state index >= 15 is 0 Å². The monoisotopic (exact) mass is 568 g/mol. The van der Waals surface area contributed by atoms with Gasteiger partial charge in [-0.25, -0.2) is 4.98 Å². The number of anilines is 1. The Morgan fingerprint density at radius 1 is 1.21 bits per heavy atom. The van der Waals surface area contributed by atoms with E-state index < -0.39 is 0 Å². The van der Waals surface area contributed by atoms with E-state index in [2.05, 4.69) is 72.6 Å². The summed E-state index contributed by atoms with van der Waals surface area (Å²) in [6, 6.07) is 13.1. The highest BCUT2D eigenvalue weighted by Crippen LogP contribution is 2.20. The molecule has 1 atom stereocenters. The van der Waals surface area contributed by atoms with Gasteiger partial charge in [0, 0.05) is 48.7 Å². The van der Waals surface area contributed by atoms with E-state index in [0.717, 1.165) is 41.3 Å². The third-order valence-electron chi connectivity index (χ3n) is 5.05. The molecule has 2 aromatic heterocycles. The highest BCUT2D eigenvalue weighted by atomic mass is 127. The average molecular weight is 569 g/mol. The van der Waals surface area contributed by atoms with Crippen molar-refractivity contribution >= 4 is 57.2 Å². The van der Waals surface area contributed by atoms with E-state index in [4.69, 9.17) is 0 Å². The Morgan fingerprint density at radius 3 is 2.76 bits per heavy atom. The first-order valence-corrected chi connectivity index (χ1v) is 10.3. The first kappa shape index (κ1) is 21.9. The molecular formula is C21H26BrIN6. The third kappa shape index (κ3) is 5.42. The smallest absolute Gasteiger partial charge is 0.191 e. The second-order valence-electron chi connectivity index (χ2n) is 7.18. The summed E-state index contributed by atoms with van der Waals surface area (Å²) in [7, 11) is 1.81. The summed E-state index contributed by atoms with van der Waals surface area (Å²) in [5.74, 6) is 0.814. The molecule has 1 aliphatic rings. The summed E-state index contributed by atoms with van der Waals surface area (Å²) in [4.78, 5) is 11.4. The number of guanidine groups is 1. The van der Waals surface area contributed by atoms with Crippen molar-refractivity contribution in [3.05, 3.63) is 64.5 Å². The van der Waals surface area contributed by atoms with Gasteiger partial charge in [0.2, 0.25) is 0 Å². The molecule has 3 aromatic rings. The first-order valence-electron chi connectivity index (χ1n) is 9.52. The summed E-state index contributed by atoms with van der Waals surface area (Å²) < 4.78 is 3.06. The molecule has 154 valence electrons. The van der Waals surface area contributed by atoms with Gasteiger partial charge in [0.1, 0.15) is 5.65 Å². The lowest BCUT2D eigenvalue weighted by Crippen LogP contribution is -2.44. The topological polar surface area (TPSA) is 57.0 Å². The number of fused-ring (bicyclic) bond motifs is 1. The number of aryl methyl sites for hydroxylation is 1. The number of imidazole rings is 1. The van der Waals surface area contributed by atoms with Gasteiger partial charge in [0.25, 0.3) is 0 Å². The van der Waals surface area contributed by atoms with Gasteiger partial charge < -0.3 is 19.9 Å². The number of aliphatic imine (C=N–C) groups is 1. The maximum atomic E-state index is 4.64. The van der Waals surface area contributed by atoms with E-state index in [-0.39, 0.29) is 24.0 Å². The van der Waals surface area contributed by atoms with Crippen molar-refractivity contribution in [3.63, 3.8) is 0 Å². The van der Waals surface area contributed by atoms with Crippen molar-refractivity contribution in [1.82, 2.24) is 20.0 Å². The molecule has 0 aliphatic carbocycles. The van der Waals surface area contributed by atoms with Gasteiger partial charge in [0.15, 0.2) is 5.96 Å². The predicted molar refractivity (Wildman–Crippen MR) is 133 cm³/mol. The zero-order valence-corrected chi connectivity index (χ0v) is 20.5. The molecule has 4 rings (SSSR count). The van der Waals surface area contributed by atoms with Gasteiger partial charge in [0.05, 0.1) is 12.2 Å². The number of hydrogen-bond acceptors (Lipinski definition) is 3. The fraction of sp³-hybridized carbons (Fsp3) is 0.333. The summed E-state index contributed by atoms with van der Waals surface area (Å²) in [6.45, 7) is 4.79. The van der Waals surface area contributed by atoms with Crippen LogP contribution in [0.4, 0.5) is 5.69 Å². The van der Waals surface area contributed by atoms with Gasteiger partial charge in [-0.1, -0.05) is 17.7 Å². The number of rotatable bonds is 4. The molecular weight excluding hydrogens is 543 g/mol. The van der Waals surface area contributed by atoms with Crippen LogP contribution in [0, 0.1) is 6.92 Å². The molecule has 6 nitrogen and oxygen atoms in total. The molecule has 8 heteroatoms. The molecule has 0 radical (unpaired) electrons. The van der Waals surface area contributed by atoms with Crippen LogP contribution in [0.3, 0.4) is 0 Å². The molecule has 0 saturated carbocycles. The lowest BCUT2D eigenvalue weighted by Gasteiger charge is -2.20. The van der Waals surface area contributed by atoms with Crippen molar-refractivity contribution in [3.8, 4) is 0 Å². The quantitative estimate of drug-likeness (QED) is 0.284. The Bertz CT molecular complexity index is 985. The van der Waals surface area contributed by atoms with E-state index in [1.807, 2.05) is 36.0 Å². The maximum absolute atomic E-state index is 4.64. The zero-order chi connectivity index (χ0) is 19.5. The van der Waals surface area contributed by atoms with E-state index in [1.54, 1.807) is 0 Å². The summed E-state index contributed by atoms with van der Waals surface area (Å²) in [6.07, 6.45) is 5.14. The Labute approximate surface area is 197 Å². The molecule has 0 bridgehead atoms. The maximum Gasteiger partial charge on any atom is 0.191 e. The van der Waals surface area contributed by atoms with Crippen molar-refractivity contribution in [2.24, 2.45) is 4.99 Å². The first-order chi connectivity index (χ1) is 13.6. The standard InChI is InChI=1S/C21H25BrN6.HI/c1-15-3-6-19(7-4-15)27-10-9-17(13-27)26-21(23-2)24-11-18-14-28-12-16(22)5-8-20(28)25-18;/h3-8,12,14,17H,9-11,13H2,1-2H3,(H2,23,24,26);1H. The van der Waals surface area contributed by atoms with Gasteiger partial charge in [-0.15, -0.1) is 24.0 Å². The van der Waals surface area contributed by atoms with Crippen LogP contribution in [-0.4, -0.2) is 41.5 Å². The fourth-order valence-corrected chi connectivity index (χ4v) is 3.89.